The largest absolute Gasteiger partial charge is 0.370 e. The Balaban J connectivity index is 2.22. The fourth-order valence-electron chi connectivity index (χ4n) is 3.13. The lowest BCUT2D eigenvalue weighted by Gasteiger charge is -2.25. The van der Waals surface area contributed by atoms with Gasteiger partial charge in [0.25, 0.3) is 0 Å². The molecule has 112 valence electrons. The second kappa shape index (κ2) is 6.61. The minimum Gasteiger partial charge on any atom is -0.370 e. The van der Waals surface area contributed by atoms with Gasteiger partial charge >= 0.3 is 0 Å². The van der Waals surface area contributed by atoms with Crippen LogP contribution in [-0.2, 0) is 4.79 Å². The molecule has 1 saturated heterocycles. The molecule has 3 rings (SSSR count). The van der Waals surface area contributed by atoms with E-state index in [-0.39, 0.29) is 5.78 Å². The normalized spacial score (nSPS) is 15.6. The summed E-state index contributed by atoms with van der Waals surface area (Å²) in [5, 5.41) is 0. The lowest BCUT2D eigenvalue weighted by Crippen LogP contribution is -2.20. The zero-order chi connectivity index (χ0) is 15.4. The van der Waals surface area contributed by atoms with Gasteiger partial charge in [0.15, 0.2) is 5.78 Å². The molecule has 1 fully saturated rings. The van der Waals surface area contributed by atoms with E-state index in [1.165, 1.54) is 12.8 Å². The van der Waals surface area contributed by atoms with E-state index >= 15 is 0 Å². The third-order valence-corrected chi connectivity index (χ3v) is 4.12. The summed E-state index contributed by atoms with van der Waals surface area (Å²) in [6.07, 6.45) is 2.38. The number of Topliss-reactive ketones (excluding diaryl/α,β-unsaturated/α-hetero) is 1. The highest BCUT2D eigenvalue weighted by molar-refractivity contribution is 6.26. The van der Waals surface area contributed by atoms with E-state index in [9.17, 15) is 4.79 Å². The molecule has 0 unspecified atom stereocenters. The quantitative estimate of drug-likeness (QED) is 0.620. The summed E-state index contributed by atoms with van der Waals surface area (Å²) in [6.45, 7) is 3.71. The monoisotopic (exact) mass is 291 g/mol. The Morgan fingerprint density at radius 1 is 0.818 bits per heavy atom. The number of hydrogen-bond acceptors (Lipinski definition) is 2. The third-order valence-electron chi connectivity index (χ3n) is 4.12. The number of nitrogens with zero attached hydrogens (tertiary/aromatic N) is 1. The standard InChI is InChI=1S/C20H21NO/c1-16(22)19(17-10-4-2-5-11-17)20(21-14-8-9-15-21)18-12-6-3-7-13-18/h2-7,10-13H,8-9,14-15H2,1H3/b20-19+. The van der Waals surface area contributed by atoms with Gasteiger partial charge < -0.3 is 4.90 Å². The molecule has 0 radical (unpaired) electrons. The Bertz CT molecular complexity index is 667. The van der Waals surface area contributed by atoms with Crippen LogP contribution in [0.1, 0.15) is 30.9 Å². The van der Waals surface area contributed by atoms with Crippen LogP contribution in [0, 0.1) is 0 Å². The first-order valence-corrected chi connectivity index (χ1v) is 7.88. The van der Waals surface area contributed by atoms with Crippen LogP contribution in [0.25, 0.3) is 11.3 Å². The SMILES string of the molecule is CC(=O)/C(=C(/c1ccccc1)N1CCCC1)c1ccccc1. The molecule has 0 amide bonds. The van der Waals surface area contributed by atoms with Crippen LogP contribution >= 0.6 is 0 Å². The molecule has 2 heteroatoms. The number of rotatable bonds is 4. The Morgan fingerprint density at radius 2 is 1.32 bits per heavy atom. The molecular weight excluding hydrogens is 270 g/mol. The lowest BCUT2D eigenvalue weighted by molar-refractivity contribution is -0.111. The summed E-state index contributed by atoms with van der Waals surface area (Å²) in [7, 11) is 0. The van der Waals surface area contributed by atoms with E-state index < -0.39 is 0 Å². The first-order valence-electron chi connectivity index (χ1n) is 7.88. The molecule has 0 N–H and O–H groups in total. The van der Waals surface area contributed by atoms with Crippen LogP contribution in [0.4, 0.5) is 0 Å². The second-order valence-corrected chi connectivity index (χ2v) is 5.71. The predicted octanol–water partition coefficient (Wildman–Crippen LogP) is 4.24. The molecule has 0 aliphatic carbocycles. The lowest BCUT2D eigenvalue weighted by atomic mass is 9.96. The van der Waals surface area contributed by atoms with Crippen molar-refractivity contribution in [2.24, 2.45) is 0 Å². The predicted molar refractivity (Wildman–Crippen MR) is 91.2 cm³/mol. The summed E-state index contributed by atoms with van der Waals surface area (Å²) in [4.78, 5) is 14.8. The number of allylic oxidation sites excluding steroid dienone is 1. The van der Waals surface area contributed by atoms with Crippen molar-refractivity contribution >= 4 is 17.1 Å². The molecular formula is C20H21NO. The van der Waals surface area contributed by atoms with Gasteiger partial charge in [0.2, 0.25) is 0 Å². The highest BCUT2D eigenvalue weighted by Gasteiger charge is 2.23. The molecule has 0 spiro atoms. The maximum Gasteiger partial charge on any atom is 0.162 e. The molecule has 2 nitrogen and oxygen atoms in total. The maximum absolute atomic E-state index is 12.4. The molecule has 1 aliphatic rings. The molecule has 1 heterocycles. The first-order chi connectivity index (χ1) is 10.8. The van der Waals surface area contributed by atoms with Crippen molar-refractivity contribution in [1.29, 1.82) is 0 Å². The van der Waals surface area contributed by atoms with Gasteiger partial charge in [0.05, 0.1) is 5.70 Å². The number of ketones is 1. The van der Waals surface area contributed by atoms with E-state index in [4.69, 9.17) is 0 Å². The van der Waals surface area contributed by atoms with Crippen molar-refractivity contribution in [2.75, 3.05) is 13.1 Å². The number of carbonyl (C=O) groups is 1. The average Bonchev–Trinajstić information content (AvgIpc) is 3.07. The molecule has 0 saturated carbocycles. The van der Waals surface area contributed by atoms with Gasteiger partial charge in [0.1, 0.15) is 0 Å². The minimum atomic E-state index is 0.122. The minimum absolute atomic E-state index is 0.122. The summed E-state index contributed by atoms with van der Waals surface area (Å²) in [5.74, 6) is 0.122. The topological polar surface area (TPSA) is 20.3 Å². The van der Waals surface area contributed by atoms with Crippen molar-refractivity contribution in [3.8, 4) is 0 Å². The second-order valence-electron chi connectivity index (χ2n) is 5.71. The van der Waals surface area contributed by atoms with Crippen LogP contribution in [0.3, 0.4) is 0 Å². The van der Waals surface area contributed by atoms with E-state index in [0.717, 1.165) is 35.5 Å². The van der Waals surface area contributed by atoms with E-state index in [0.29, 0.717) is 0 Å². The number of likely N-dealkylation sites (tertiary alicyclic amines) is 1. The molecule has 2 aromatic rings. The van der Waals surface area contributed by atoms with Gasteiger partial charge in [0, 0.05) is 18.7 Å². The molecule has 2 aromatic carbocycles. The van der Waals surface area contributed by atoms with Crippen LogP contribution in [0.2, 0.25) is 0 Å². The Morgan fingerprint density at radius 3 is 1.82 bits per heavy atom. The Hall–Kier alpha value is -2.35. The van der Waals surface area contributed by atoms with Crippen molar-refractivity contribution in [1.82, 2.24) is 4.90 Å². The smallest absolute Gasteiger partial charge is 0.162 e. The number of hydrogen-bond donors (Lipinski definition) is 0. The van der Waals surface area contributed by atoms with Crippen molar-refractivity contribution < 1.29 is 4.79 Å². The summed E-state index contributed by atoms with van der Waals surface area (Å²) in [5.41, 5.74) is 4.03. The maximum atomic E-state index is 12.4. The van der Waals surface area contributed by atoms with Gasteiger partial charge in [-0.3, -0.25) is 4.79 Å². The highest BCUT2D eigenvalue weighted by atomic mass is 16.1. The highest BCUT2D eigenvalue weighted by Crippen LogP contribution is 2.32. The van der Waals surface area contributed by atoms with Gasteiger partial charge in [-0.1, -0.05) is 60.7 Å². The summed E-state index contributed by atoms with van der Waals surface area (Å²) < 4.78 is 0. The van der Waals surface area contributed by atoms with E-state index in [2.05, 4.69) is 17.0 Å². The number of benzene rings is 2. The first kappa shape index (κ1) is 14.6. The molecule has 1 aliphatic heterocycles. The van der Waals surface area contributed by atoms with Crippen LogP contribution in [-0.4, -0.2) is 23.8 Å². The molecule has 22 heavy (non-hydrogen) atoms. The molecule has 0 bridgehead atoms. The third kappa shape index (κ3) is 2.96. The van der Waals surface area contributed by atoms with Crippen LogP contribution in [0.15, 0.2) is 60.7 Å². The summed E-state index contributed by atoms with van der Waals surface area (Å²) in [6, 6.07) is 20.3. The van der Waals surface area contributed by atoms with Crippen LogP contribution < -0.4 is 0 Å². The van der Waals surface area contributed by atoms with E-state index in [1.807, 2.05) is 48.5 Å². The van der Waals surface area contributed by atoms with Crippen molar-refractivity contribution in [3.63, 3.8) is 0 Å². The molecule has 0 aromatic heterocycles. The van der Waals surface area contributed by atoms with Crippen molar-refractivity contribution in [2.45, 2.75) is 19.8 Å². The molecule has 0 atom stereocenters. The van der Waals surface area contributed by atoms with Gasteiger partial charge in [-0.2, -0.15) is 0 Å². The fraction of sp³-hybridized carbons (Fsp3) is 0.250. The van der Waals surface area contributed by atoms with Gasteiger partial charge in [-0.25, -0.2) is 0 Å². The van der Waals surface area contributed by atoms with Gasteiger partial charge in [-0.15, -0.1) is 0 Å². The Kier molecular flexibility index (Phi) is 4.38. The Labute approximate surface area is 132 Å². The van der Waals surface area contributed by atoms with Crippen molar-refractivity contribution in [3.05, 3.63) is 71.8 Å². The zero-order valence-electron chi connectivity index (χ0n) is 13.0. The number of carbonyl (C=O) groups excluding carboxylic acids is 1. The summed E-state index contributed by atoms with van der Waals surface area (Å²) >= 11 is 0. The van der Waals surface area contributed by atoms with Crippen LogP contribution in [0.5, 0.6) is 0 Å². The average molecular weight is 291 g/mol. The fourth-order valence-corrected chi connectivity index (χ4v) is 3.13. The van der Waals surface area contributed by atoms with E-state index in [1.54, 1.807) is 6.92 Å². The zero-order valence-corrected chi connectivity index (χ0v) is 13.0. The van der Waals surface area contributed by atoms with Gasteiger partial charge in [-0.05, 0) is 30.9 Å².